The molecular formula is C50H75NO12. The number of benzene rings is 1. The number of aliphatic hydroxyl groups excluding tert-OH is 1. The molecule has 0 spiro atoms. The monoisotopic (exact) mass is 882 g/mol. The van der Waals surface area contributed by atoms with Gasteiger partial charge in [-0.3, -0.25) is 14.4 Å². The van der Waals surface area contributed by atoms with Gasteiger partial charge in [0.15, 0.2) is 0 Å². The van der Waals surface area contributed by atoms with Gasteiger partial charge >= 0.3 is 5.97 Å². The first-order valence-electron chi connectivity index (χ1n) is 23.3. The standard InChI is InChI=1S/C50H75NO12/c1-11-36-23-29(2)22-30(3)24-43(59-9)46-44(60-10)26-33(6)50(57,63-46)47(54)48(55)51-21-15-14-17-37(51)49(56)62-45(34(7)38(52)28-39(36)53)32(5)25-35-19-20-41(42(27-35)58-8)61-40-18-13-12-16-31(40)4/h12-13,16,18,23,25,30,33-38,41-46,52,57H,11,14-15,17,19-22,24,26-28H2,1-10H3/b29-23+,32-25?. The van der Waals surface area contributed by atoms with Gasteiger partial charge in [0.2, 0.25) is 5.79 Å². The van der Waals surface area contributed by atoms with Crippen molar-refractivity contribution in [3.63, 3.8) is 0 Å². The number of carbonyl (C=O) groups excluding carboxylic acids is 4. The molecule has 2 N–H and O–H groups in total. The topological polar surface area (TPSA) is 167 Å². The van der Waals surface area contributed by atoms with Crippen molar-refractivity contribution >= 4 is 23.4 Å². The van der Waals surface area contributed by atoms with E-state index in [9.17, 15) is 29.4 Å². The molecule has 14 unspecified atom stereocenters. The number of piperidine rings is 1. The maximum atomic E-state index is 14.5. The third-order valence-electron chi connectivity index (χ3n) is 14.2. The summed E-state index contributed by atoms with van der Waals surface area (Å²) in [4.78, 5) is 58.3. The van der Waals surface area contributed by atoms with Gasteiger partial charge in [-0.1, -0.05) is 63.6 Å². The lowest BCUT2D eigenvalue weighted by Gasteiger charge is -2.47. The molecule has 1 saturated carbocycles. The van der Waals surface area contributed by atoms with Gasteiger partial charge < -0.3 is 43.5 Å². The Kier molecular flexibility index (Phi) is 18.2. The number of rotatable bonds is 8. The Morgan fingerprint density at radius 1 is 0.889 bits per heavy atom. The van der Waals surface area contributed by atoms with Crippen molar-refractivity contribution in [2.75, 3.05) is 27.9 Å². The number of hydrogen-bond acceptors (Lipinski definition) is 12. The van der Waals surface area contributed by atoms with Crippen LogP contribution in [0.5, 0.6) is 5.75 Å². The van der Waals surface area contributed by atoms with Gasteiger partial charge in [0.05, 0.1) is 24.4 Å². The molecule has 2 saturated heterocycles. The van der Waals surface area contributed by atoms with Gasteiger partial charge in [0.1, 0.15) is 35.9 Å². The number of Topliss-reactive ketones (excluding diaryl/α,β-unsaturated/α-hetero) is 2. The van der Waals surface area contributed by atoms with Crippen LogP contribution in [0.4, 0.5) is 0 Å². The molecule has 3 aliphatic heterocycles. The fourth-order valence-corrected chi connectivity index (χ4v) is 10.4. The minimum atomic E-state index is -2.50. The Balaban J connectivity index is 1.49. The first-order valence-corrected chi connectivity index (χ1v) is 23.3. The second-order valence-corrected chi connectivity index (χ2v) is 19.0. The highest BCUT2D eigenvalue weighted by atomic mass is 16.7. The first-order chi connectivity index (χ1) is 29.9. The predicted molar refractivity (Wildman–Crippen MR) is 238 cm³/mol. The summed E-state index contributed by atoms with van der Waals surface area (Å²) < 4.78 is 36.8. The second-order valence-electron chi connectivity index (χ2n) is 19.0. The van der Waals surface area contributed by atoms with Crippen molar-refractivity contribution in [3.8, 4) is 5.75 Å². The Morgan fingerprint density at radius 2 is 1.57 bits per heavy atom. The first kappa shape index (κ1) is 50.5. The molecule has 1 amide bonds. The molecule has 4 aliphatic rings. The van der Waals surface area contributed by atoms with Gasteiger partial charge in [-0.15, -0.1) is 0 Å². The third kappa shape index (κ3) is 12.1. The van der Waals surface area contributed by atoms with Crippen LogP contribution < -0.4 is 4.74 Å². The lowest BCUT2D eigenvalue weighted by atomic mass is 9.81. The molecule has 2 bridgehead atoms. The zero-order chi connectivity index (χ0) is 46.2. The summed E-state index contributed by atoms with van der Waals surface area (Å²) in [5, 5.41) is 23.9. The van der Waals surface area contributed by atoms with Crippen LogP contribution in [-0.2, 0) is 42.9 Å². The number of amides is 1. The lowest BCUT2D eigenvalue weighted by molar-refractivity contribution is -0.302. The summed E-state index contributed by atoms with van der Waals surface area (Å²) in [6.45, 7) is 13.4. The number of hydrogen-bond donors (Lipinski definition) is 2. The average molecular weight is 882 g/mol. The summed E-state index contributed by atoms with van der Waals surface area (Å²) in [5.74, 6) is -6.61. The zero-order valence-corrected chi connectivity index (χ0v) is 39.4. The van der Waals surface area contributed by atoms with E-state index in [1.807, 2.05) is 58.0 Å². The maximum Gasteiger partial charge on any atom is 0.329 e. The van der Waals surface area contributed by atoms with Crippen LogP contribution in [0.2, 0.25) is 0 Å². The molecule has 1 aromatic rings. The molecule has 0 aromatic heterocycles. The molecule has 3 fully saturated rings. The van der Waals surface area contributed by atoms with Gasteiger partial charge in [0.25, 0.3) is 11.7 Å². The van der Waals surface area contributed by atoms with E-state index >= 15 is 0 Å². The summed E-state index contributed by atoms with van der Waals surface area (Å²) in [5.41, 5.74) is 2.74. The van der Waals surface area contributed by atoms with Gasteiger partial charge in [-0.25, -0.2) is 4.79 Å². The van der Waals surface area contributed by atoms with Crippen molar-refractivity contribution in [2.24, 2.45) is 29.6 Å². The fraction of sp³-hybridized carbons (Fsp3) is 0.720. The number of para-hydroxylation sites is 1. The van der Waals surface area contributed by atoms with Crippen molar-refractivity contribution in [1.29, 1.82) is 0 Å². The largest absolute Gasteiger partial charge is 0.487 e. The van der Waals surface area contributed by atoms with E-state index in [-0.39, 0.29) is 55.6 Å². The van der Waals surface area contributed by atoms with Crippen molar-refractivity contribution < 1.29 is 57.8 Å². The Hall–Kier alpha value is -3.46. The highest BCUT2D eigenvalue weighted by molar-refractivity contribution is 6.39. The zero-order valence-electron chi connectivity index (χ0n) is 39.4. The number of allylic oxidation sites excluding steroid dienone is 3. The van der Waals surface area contributed by atoms with Crippen LogP contribution >= 0.6 is 0 Å². The van der Waals surface area contributed by atoms with Crippen molar-refractivity contribution in [1.82, 2.24) is 4.90 Å². The number of carbonyl (C=O) groups is 4. The molecular weight excluding hydrogens is 807 g/mol. The number of ketones is 2. The van der Waals surface area contributed by atoms with Crippen molar-refractivity contribution in [3.05, 3.63) is 53.1 Å². The molecule has 5 rings (SSSR count). The van der Waals surface area contributed by atoms with Crippen molar-refractivity contribution in [2.45, 2.75) is 174 Å². The van der Waals surface area contributed by atoms with Crippen LogP contribution in [0.25, 0.3) is 0 Å². The molecule has 352 valence electrons. The normalized spacial score (nSPS) is 38.2. The molecule has 3 heterocycles. The third-order valence-corrected chi connectivity index (χ3v) is 14.2. The Labute approximate surface area is 375 Å². The number of fused-ring (bicyclic) bond motifs is 3. The van der Waals surface area contributed by atoms with Gasteiger partial charge in [-0.2, -0.15) is 0 Å². The number of aryl methyl sites for hydroxylation is 1. The van der Waals surface area contributed by atoms with E-state index in [0.717, 1.165) is 29.7 Å². The number of aliphatic hydroxyl groups is 2. The number of ether oxygens (including phenoxy) is 6. The van der Waals surface area contributed by atoms with Crippen LogP contribution in [0.3, 0.4) is 0 Å². The Bertz CT molecular complexity index is 1800. The van der Waals surface area contributed by atoms with E-state index < -0.39 is 77.8 Å². The summed E-state index contributed by atoms with van der Waals surface area (Å²) in [6, 6.07) is 6.77. The highest BCUT2D eigenvalue weighted by Gasteiger charge is 2.56. The SMILES string of the molecule is CCC1/C=C(\C)CC(C)CC(OC)C2OC(O)(C(=O)C(=O)N3CCCCC3C(=O)OC(C(C)=CC3CCC(Oc4ccccc4C)C(OC)C3)C(C)C(O)CC1=O)C(C)CC2OC. The summed E-state index contributed by atoms with van der Waals surface area (Å²) >= 11 is 0. The molecule has 0 radical (unpaired) electrons. The summed E-state index contributed by atoms with van der Waals surface area (Å²) in [7, 11) is 4.76. The van der Waals surface area contributed by atoms with Crippen LogP contribution in [0.1, 0.15) is 118 Å². The predicted octanol–water partition coefficient (Wildman–Crippen LogP) is 6.87. The molecule has 14 atom stereocenters. The average Bonchev–Trinajstić information content (AvgIpc) is 3.27. The quantitative estimate of drug-likeness (QED) is 0.158. The van der Waals surface area contributed by atoms with E-state index in [1.54, 1.807) is 21.0 Å². The van der Waals surface area contributed by atoms with Crippen LogP contribution in [-0.4, -0.2) is 121 Å². The second kappa shape index (κ2) is 22.6. The minimum absolute atomic E-state index is 0.0318. The maximum absolute atomic E-state index is 14.5. The number of esters is 1. The minimum Gasteiger partial charge on any atom is -0.487 e. The number of nitrogens with zero attached hydrogens (tertiary/aromatic N) is 1. The lowest BCUT2D eigenvalue weighted by Crippen LogP contribution is -2.64. The van der Waals surface area contributed by atoms with Gasteiger partial charge in [0, 0.05) is 52.0 Å². The molecule has 1 aliphatic carbocycles. The molecule has 13 heteroatoms. The van der Waals surface area contributed by atoms with Crippen LogP contribution in [0, 0.1) is 36.5 Å². The number of methoxy groups -OCH3 is 3. The van der Waals surface area contributed by atoms with Gasteiger partial charge in [-0.05, 0) is 114 Å². The smallest absolute Gasteiger partial charge is 0.329 e. The number of cyclic esters (lactones) is 1. The molecule has 13 nitrogen and oxygen atoms in total. The van der Waals surface area contributed by atoms with E-state index in [2.05, 4.69) is 13.0 Å². The van der Waals surface area contributed by atoms with E-state index in [0.29, 0.717) is 44.1 Å². The van der Waals surface area contributed by atoms with E-state index in [1.165, 1.54) is 19.1 Å². The molecule has 1 aromatic carbocycles. The Morgan fingerprint density at radius 3 is 2.24 bits per heavy atom. The highest BCUT2D eigenvalue weighted by Crippen LogP contribution is 2.39. The fourth-order valence-electron chi connectivity index (χ4n) is 10.4. The summed E-state index contributed by atoms with van der Waals surface area (Å²) in [6.07, 6.45) is 4.79. The van der Waals surface area contributed by atoms with Crippen LogP contribution in [0.15, 0.2) is 47.6 Å². The van der Waals surface area contributed by atoms with E-state index in [4.69, 9.17) is 28.4 Å². The molecule has 63 heavy (non-hydrogen) atoms.